The van der Waals surface area contributed by atoms with Crippen molar-refractivity contribution in [3.05, 3.63) is 59.2 Å². The van der Waals surface area contributed by atoms with Crippen molar-refractivity contribution in [1.82, 2.24) is 10.2 Å². The first-order chi connectivity index (χ1) is 14.0. The Morgan fingerprint density at radius 3 is 2.48 bits per heavy atom. The molecule has 2 aromatic rings. The van der Waals surface area contributed by atoms with Crippen LogP contribution in [-0.4, -0.2) is 61.7 Å². The van der Waals surface area contributed by atoms with Crippen molar-refractivity contribution in [2.75, 3.05) is 50.0 Å². The van der Waals surface area contributed by atoms with Gasteiger partial charge in [0.1, 0.15) is 6.04 Å². The molecule has 0 bridgehead atoms. The highest BCUT2D eigenvalue weighted by atomic mass is 16.4. The highest BCUT2D eigenvalue weighted by Crippen LogP contribution is 2.32. The van der Waals surface area contributed by atoms with Crippen LogP contribution in [0.5, 0.6) is 0 Å². The Labute approximate surface area is 170 Å². The second-order valence-electron chi connectivity index (χ2n) is 7.64. The Kier molecular flexibility index (Phi) is 5.51. The van der Waals surface area contributed by atoms with Crippen LogP contribution in [0.2, 0.25) is 0 Å². The van der Waals surface area contributed by atoms with Gasteiger partial charge in [-0.15, -0.1) is 0 Å². The van der Waals surface area contributed by atoms with Gasteiger partial charge in [-0.1, -0.05) is 12.1 Å². The Bertz CT molecular complexity index is 905. The quantitative estimate of drug-likeness (QED) is 0.735. The predicted octanol–water partition coefficient (Wildman–Crippen LogP) is 1.96. The van der Waals surface area contributed by atoms with Crippen LogP contribution < -0.4 is 15.5 Å². The summed E-state index contributed by atoms with van der Waals surface area (Å²) in [6.07, 6.45) is 0.898. The third-order valence-corrected chi connectivity index (χ3v) is 5.73. The van der Waals surface area contributed by atoms with Gasteiger partial charge in [-0.25, -0.2) is 4.79 Å². The number of benzene rings is 2. The van der Waals surface area contributed by atoms with Crippen molar-refractivity contribution < 1.29 is 14.7 Å². The lowest BCUT2D eigenvalue weighted by atomic mass is 9.91. The fourth-order valence-corrected chi connectivity index (χ4v) is 4.07. The van der Waals surface area contributed by atoms with E-state index < -0.39 is 12.0 Å². The maximum atomic E-state index is 13.0. The van der Waals surface area contributed by atoms with Crippen molar-refractivity contribution in [2.24, 2.45) is 0 Å². The van der Waals surface area contributed by atoms with Crippen molar-refractivity contribution in [1.29, 1.82) is 0 Å². The van der Waals surface area contributed by atoms with E-state index in [1.165, 1.54) is 23.4 Å². The molecule has 0 radical (unpaired) electrons. The van der Waals surface area contributed by atoms with E-state index in [1.807, 2.05) is 12.1 Å². The van der Waals surface area contributed by atoms with Gasteiger partial charge in [0.15, 0.2) is 0 Å². The summed E-state index contributed by atoms with van der Waals surface area (Å²) < 4.78 is 0. The Morgan fingerprint density at radius 2 is 1.79 bits per heavy atom. The van der Waals surface area contributed by atoms with Gasteiger partial charge in [-0.05, 0) is 54.9 Å². The lowest BCUT2D eigenvalue weighted by molar-refractivity contribution is -0.118. The molecule has 1 unspecified atom stereocenters. The predicted molar refractivity (Wildman–Crippen MR) is 113 cm³/mol. The molecule has 2 aromatic carbocycles. The zero-order valence-electron chi connectivity index (χ0n) is 16.5. The maximum Gasteiger partial charge on any atom is 0.335 e. The van der Waals surface area contributed by atoms with Gasteiger partial charge in [0.05, 0.1) is 5.56 Å². The average Bonchev–Trinajstić information content (AvgIpc) is 2.74. The van der Waals surface area contributed by atoms with E-state index in [4.69, 9.17) is 5.11 Å². The third-order valence-electron chi connectivity index (χ3n) is 5.73. The minimum absolute atomic E-state index is 0.135. The summed E-state index contributed by atoms with van der Waals surface area (Å²) in [5.41, 5.74) is 4.29. The third kappa shape index (κ3) is 4.11. The van der Waals surface area contributed by atoms with E-state index in [0.717, 1.165) is 44.7 Å². The minimum Gasteiger partial charge on any atom is -0.478 e. The molecule has 1 atom stereocenters. The molecule has 0 spiro atoms. The molecular formula is C22H26N4O3. The zero-order chi connectivity index (χ0) is 20.4. The number of carboxylic acids is 1. The number of piperazine rings is 1. The minimum atomic E-state index is -0.984. The molecule has 2 aliphatic rings. The highest BCUT2D eigenvalue weighted by molar-refractivity contribution is 5.97. The number of hydrogen-bond acceptors (Lipinski definition) is 5. The second kappa shape index (κ2) is 8.23. The smallest absolute Gasteiger partial charge is 0.335 e. The average molecular weight is 394 g/mol. The van der Waals surface area contributed by atoms with Gasteiger partial charge in [0.2, 0.25) is 5.91 Å². The molecule has 7 nitrogen and oxygen atoms in total. The summed E-state index contributed by atoms with van der Waals surface area (Å²) in [4.78, 5) is 28.7. The summed E-state index contributed by atoms with van der Waals surface area (Å²) in [5, 5.41) is 15.3. The summed E-state index contributed by atoms with van der Waals surface area (Å²) in [7, 11) is 2.14. The van der Waals surface area contributed by atoms with E-state index in [1.54, 1.807) is 12.1 Å². The van der Waals surface area contributed by atoms with Gasteiger partial charge in [-0.2, -0.15) is 0 Å². The first-order valence-electron chi connectivity index (χ1n) is 9.96. The molecule has 7 heteroatoms. The first-order valence-corrected chi connectivity index (χ1v) is 9.96. The Balaban J connectivity index is 1.54. The molecule has 3 N–H and O–H groups in total. The highest BCUT2D eigenvalue weighted by Gasteiger charge is 2.29. The van der Waals surface area contributed by atoms with Crippen LogP contribution in [0.25, 0.3) is 0 Å². The van der Waals surface area contributed by atoms with Crippen LogP contribution >= 0.6 is 0 Å². The van der Waals surface area contributed by atoms with E-state index in [9.17, 15) is 9.59 Å². The molecule has 152 valence electrons. The fraction of sp³-hybridized carbons (Fsp3) is 0.364. The van der Waals surface area contributed by atoms with Gasteiger partial charge in [0, 0.05) is 44.1 Å². The zero-order valence-corrected chi connectivity index (χ0v) is 16.5. The molecule has 1 saturated heterocycles. The van der Waals surface area contributed by atoms with Crippen LogP contribution in [0.4, 0.5) is 11.4 Å². The van der Waals surface area contributed by atoms with Crippen LogP contribution in [0.1, 0.15) is 27.5 Å². The van der Waals surface area contributed by atoms with Crippen LogP contribution in [0.15, 0.2) is 42.5 Å². The molecular weight excluding hydrogens is 368 g/mol. The van der Waals surface area contributed by atoms with E-state index in [-0.39, 0.29) is 11.5 Å². The Morgan fingerprint density at radius 1 is 1.07 bits per heavy atom. The molecule has 0 aromatic heterocycles. The van der Waals surface area contributed by atoms with Crippen LogP contribution in [0.3, 0.4) is 0 Å². The number of carbonyl (C=O) groups excluding carboxylic acids is 1. The van der Waals surface area contributed by atoms with Gasteiger partial charge >= 0.3 is 5.97 Å². The number of nitrogens with one attached hydrogen (secondary N) is 2. The maximum absolute atomic E-state index is 13.0. The van der Waals surface area contributed by atoms with Gasteiger partial charge in [-0.3, -0.25) is 4.79 Å². The molecule has 2 aliphatic heterocycles. The largest absolute Gasteiger partial charge is 0.478 e. The first kappa shape index (κ1) is 19.4. The summed E-state index contributed by atoms with van der Waals surface area (Å²) in [6.45, 7) is 4.81. The van der Waals surface area contributed by atoms with Crippen LogP contribution in [-0.2, 0) is 11.2 Å². The summed E-state index contributed by atoms with van der Waals surface area (Å²) in [6, 6.07) is 12.0. The van der Waals surface area contributed by atoms with Crippen molar-refractivity contribution in [3.8, 4) is 0 Å². The van der Waals surface area contributed by atoms with Crippen molar-refractivity contribution in [3.63, 3.8) is 0 Å². The van der Waals surface area contributed by atoms with Gasteiger partial charge in [0.25, 0.3) is 0 Å². The SMILES string of the molecule is CN1CCN(c2cccc3c2CCNC3C(=O)Nc2ccc(C(=O)O)cc2)CC1. The van der Waals surface area contributed by atoms with Crippen molar-refractivity contribution >= 4 is 23.3 Å². The van der Waals surface area contributed by atoms with E-state index >= 15 is 0 Å². The summed E-state index contributed by atoms with van der Waals surface area (Å²) >= 11 is 0. The lowest BCUT2D eigenvalue weighted by Crippen LogP contribution is -2.45. The lowest BCUT2D eigenvalue weighted by Gasteiger charge is -2.37. The monoisotopic (exact) mass is 394 g/mol. The second-order valence-corrected chi connectivity index (χ2v) is 7.64. The normalized spacial score (nSPS) is 19.5. The number of nitrogens with zero attached hydrogens (tertiary/aromatic N) is 2. The van der Waals surface area contributed by atoms with Crippen LogP contribution in [0, 0.1) is 0 Å². The number of aromatic carboxylic acids is 1. The fourth-order valence-electron chi connectivity index (χ4n) is 4.07. The molecule has 0 aliphatic carbocycles. The molecule has 1 fully saturated rings. The summed E-state index contributed by atoms with van der Waals surface area (Å²) in [5.74, 6) is -1.12. The number of hydrogen-bond donors (Lipinski definition) is 3. The molecule has 0 saturated carbocycles. The number of rotatable bonds is 4. The number of amides is 1. The number of carbonyl (C=O) groups is 2. The number of likely N-dealkylation sites (N-methyl/N-ethyl adjacent to an activating group) is 1. The Hall–Kier alpha value is -2.90. The number of carboxylic acid groups (broad SMARTS) is 1. The molecule has 2 heterocycles. The van der Waals surface area contributed by atoms with Gasteiger partial charge < -0.3 is 25.5 Å². The standard InChI is InChI=1S/C22H26N4O3/c1-25-11-13-26(14-12-25)19-4-2-3-18-17(19)9-10-23-20(18)21(27)24-16-7-5-15(6-8-16)22(28)29/h2-8,20,23H,9-14H2,1H3,(H,24,27)(H,28,29). The number of anilines is 2. The van der Waals surface area contributed by atoms with Crippen molar-refractivity contribution in [2.45, 2.75) is 12.5 Å². The number of fused-ring (bicyclic) bond motifs is 1. The van der Waals surface area contributed by atoms with E-state index in [2.05, 4.69) is 33.5 Å². The van der Waals surface area contributed by atoms with E-state index in [0.29, 0.717) is 5.69 Å². The molecule has 1 amide bonds. The molecule has 4 rings (SSSR count). The molecule has 29 heavy (non-hydrogen) atoms. The topological polar surface area (TPSA) is 84.9 Å².